The summed E-state index contributed by atoms with van der Waals surface area (Å²) in [5, 5.41) is 0. The highest BCUT2D eigenvalue weighted by Crippen LogP contribution is 2.28. The van der Waals surface area contributed by atoms with Crippen molar-refractivity contribution >= 4 is 0 Å². The van der Waals surface area contributed by atoms with Crippen LogP contribution in [0.4, 0.5) is 0 Å². The Morgan fingerprint density at radius 3 is 1.42 bits per heavy atom. The van der Waals surface area contributed by atoms with Crippen LogP contribution in [0.3, 0.4) is 0 Å². The van der Waals surface area contributed by atoms with E-state index in [0.29, 0.717) is 25.0 Å². The minimum atomic E-state index is 0.643. The van der Waals surface area contributed by atoms with Crippen molar-refractivity contribution in [3.05, 3.63) is 0 Å². The average Bonchev–Trinajstić information content (AvgIpc) is 2.09. The number of hydrogen-bond donors (Lipinski definition) is 2. The van der Waals surface area contributed by atoms with Crippen molar-refractivity contribution in [3.63, 3.8) is 0 Å². The number of rotatable bonds is 4. The first-order valence-corrected chi connectivity index (χ1v) is 4.50. The van der Waals surface area contributed by atoms with Crippen molar-refractivity contribution < 1.29 is 9.68 Å². The molecule has 0 atom stereocenters. The van der Waals surface area contributed by atoms with E-state index in [1.807, 2.05) is 0 Å². The van der Waals surface area contributed by atoms with Gasteiger partial charge in [0, 0.05) is 0 Å². The summed E-state index contributed by atoms with van der Waals surface area (Å²) in [7, 11) is 0. The summed E-state index contributed by atoms with van der Waals surface area (Å²) in [4.78, 5) is 9.24. The highest BCUT2D eigenvalue weighted by Gasteiger charge is 2.20. The molecule has 0 amide bonds. The Labute approximate surface area is 73.1 Å². The highest BCUT2D eigenvalue weighted by atomic mass is 16.6. The molecule has 0 radical (unpaired) electrons. The van der Waals surface area contributed by atoms with Crippen LogP contribution >= 0.6 is 0 Å². The zero-order valence-electron chi connectivity index (χ0n) is 7.37. The number of hydrogen-bond acceptors (Lipinski definition) is 4. The van der Waals surface area contributed by atoms with Gasteiger partial charge in [0.05, 0.1) is 13.2 Å². The van der Waals surface area contributed by atoms with Crippen LogP contribution in [0.25, 0.3) is 0 Å². The molecule has 72 valence electrons. The molecule has 0 bridgehead atoms. The molecule has 0 unspecified atom stereocenters. The van der Waals surface area contributed by atoms with Crippen LogP contribution in [0.1, 0.15) is 25.7 Å². The van der Waals surface area contributed by atoms with Gasteiger partial charge in [0.2, 0.25) is 0 Å². The number of nitrogens with two attached hydrogens (primary N) is 2. The molecule has 0 saturated heterocycles. The van der Waals surface area contributed by atoms with Gasteiger partial charge in [-0.2, -0.15) is 0 Å². The van der Waals surface area contributed by atoms with Crippen LogP contribution < -0.4 is 11.8 Å². The monoisotopic (exact) mass is 174 g/mol. The first-order chi connectivity index (χ1) is 5.86. The van der Waals surface area contributed by atoms with Crippen molar-refractivity contribution in [1.82, 2.24) is 0 Å². The van der Waals surface area contributed by atoms with Crippen molar-refractivity contribution in [2.75, 3.05) is 13.2 Å². The molecule has 0 aromatic rings. The van der Waals surface area contributed by atoms with E-state index in [4.69, 9.17) is 11.8 Å². The fourth-order valence-corrected chi connectivity index (χ4v) is 1.84. The Morgan fingerprint density at radius 2 is 1.17 bits per heavy atom. The zero-order valence-corrected chi connectivity index (χ0v) is 7.37. The van der Waals surface area contributed by atoms with Crippen LogP contribution in [-0.4, -0.2) is 13.2 Å². The second-order valence-electron chi connectivity index (χ2n) is 3.55. The van der Waals surface area contributed by atoms with Crippen LogP contribution in [0.2, 0.25) is 0 Å². The van der Waals surface area contributed by atoms with E-state index in [9.17, 15) is 0 Å². The maximum atomic E-state index is 5.01. The summed E-state index contributed by atoms with van der Waals surface area (Å²) >= 11 is 0. The van der Waals surface area contributed by atoms with Crippen LogP contribution in [0.15, 0.2) is 0 Å². The van der Waals surface area contributed by atoms with Crippen LogP contribution in [-0.2, 0) is 9.68 Å². The lowest BCUT2D eigenvalue weighted by molar-refractivity contribution is 0.0499. The SMILES string of the molecule is NOCC1CCC(CON)CC1. The lowest BCUT2D eigenvalue weighted by Gasteiger charge is -2.26. The van der Waals surface area contributed by atoms with Crippen molar-refractivity contribution in [3.8, 4) is 0 Å². The summed E-state index contributed by atoms with van der Waals surface area (Å²) < 4.78 is 0. The van der Waals surface area contributed by atoms with Gasteiger partial charge in [-0.15, -0.1) is 0 Å². The molecule has 0 aromatic carbocycles. The fourth-order valence-electron chi connectivity index (χ4n) is 1.84. The van der Waals surface area contributed by atoms with Gasteiger partial charge < -0.3 is 9.68 Å². The minimum absolute atomic E-state index is 0.643. The third kappa shape index (κ3) is 3.06. The molecule has 1 rings (SSSR count). The molecule has 1 aliphatic rings. The maximum Gasteiger partial charge on any atom is 0.0707 e. The van der Waals surface area contributed by atoms with Crippen LogP contribution in [0.5, 0.6) is 0 Å². The summed E-state index contributed by atoms with van der Waals surface area (Å²) in [6.45, 7) is 1.38. The van der Waals surface area contributed by atoms with Gasteiger partial charge in [-0.1, -0.05) is 0 Å². The summed E-state index contributed by atoms with van der Waals surface area (Å²) in [6.07, 6.45) is 4.74. The molecule has 1 aliphatic carbocycles. The fraction of sp³-hybridized carbons (Fsp3) is 1.00. The summed E-state index contributed by atoms with van der Waals surface area (Å²) in [5.74, 6) is 11.3. The Bertz CT molecular complexity index is 99.6. The first kappa shape index (κ1) is 9.92. The molecule has 4 nitrogen and oxygen atoms in total. The molecular weight excluding hydrogens is 156 g/mol. The maximum absolute atomic E-state index is 5.01. The molecule has 0 spiro atoms. The molecule has 0 aromatic heterocycles. The van der Waals surface area contributed by atoms with E-state index in [0.717, 1.165) is 0 Å². The molecule has 4 N–H and O–H groups in total. The highest BCUT2D eigenvalue weighted by molar-refractivity contribution is 4.71. The van der Waals surface area contributed by atoms with Crippen molar-refractivity contribution in [2.45, 2.75) is 25.7 Å². The second kappa shape index (κ2) is 5.48. The predicted octanol–water partition coefficient (Wildman–Crippen LogP) is 0.573. The van der Waals surface area contributed by atoms with E-state index in [2.05, 4.69) is 9.68 Å². The molecule has 1 fully saturated rings. The van der Waals surface area contributed by atoms with Gasteiger partial charge in [0.15, 0.2) is 0 Å². The molecule has 0 aliphatic heterocycles. The molecule has 4 heteroatoms. The van der Waals surface area contributed by atoms with Crippen molar-refractivity contribution in [2.24, 2.45) is 23.6 Å². The van der Waals surface area contributed by atoms with Gasteiger partial charge in [0.25, 0.3) is 0 Å². The largest absolute Gasteiger partial charge is 0.304 e. The van der Waals surface area contributed by atoms with Gasteiger partial charge in [0.1, 0.15) is 0 Å². The standard InChI is InChI=1S/C8H18N2O2/c9-11-5-7-1-2-8(4-3-7)6-12-10/h7-8H,1-6,9-10H2. The Morgan fingerprint density at radius 1 is 0.833 bits per heavy atom. The molecule has 12 heavy (non-hydrogen) atoms. The van der Waals surface area contributed by atoms with E-state index < -0.39 is 0 Å². The third-order valence-corrected chi connectivity index (χ3v) is 2.63. The smallest absolute Gasteiger partial charge is 0.0707 e. The molecule has 0 heterocycles. The molecular formula is C8H18N2O2. The minimum Gasteiger partial charge on any atom is -0.304 e. The van der Waals surface area contributed by atoms with E-state index in [1.54, 1.807) is 0 Å². The van der Waals surface area contributed by atoms with Gasteiger partial charge in [-0.25, -0.2) is 11.8 Å². The summed E-state index contributed by atoms with van der Waals surface area (Å²) in [6, 6.07) is 0. The van der Waals surface area contributed by atoms with Gasteiger partial charge in [-0.05, 0) is 37.5 Å². The zero-order chi connectivity index (χ0) is 8.81. The average molecular weight is 174 g/mol. The van der Waals surface area contributed by atoms with Crippen molar-refractivity contribution in [1.29, 1.82) is 0 Å². The normalized spacial score (nSPS) is 30.5. The lowest BCUT2D eigenvalue weighted by atomic mass is 9.83. The quantitative estimate of drug-likeness (QED) is 0.611. The van der Waals surface area contributed by atoms with Crippen LogP contribution in [0, 0.1) is 11.8 Å². The Balaban J connectivity index is 2.11. The van der Waals surface area contributed by atoms with E-state index in [1.165, 1.54) is 25.7 Å². The topological polar surface area (TPSA) is 70.5 Å². The molecule has 1 saturated carbocycles. The lowest BCUT2D eigenvalue weighted by Crippen LogP contribution is -2.23. The Hall–Kier alpha value is -0.160. The summed E-state index contributed by atoms with van der Waals surface area (Å²) in [5.41, 5.74) is 0. The van der Waals surface area contributed by atoms with Gasteiger partial charge >= 0.3 is 0 Å². The first-order valence-electron chi connectivity index (χ1n) is 4.50. The third-order valence-electron chi connectivity index (χ3n) is 2.63. The Kier molecular flexibility index (Phi) is 4.53. The second-order valence-corrected chi connectivity index (χ2v) is 3.55. The van der Waals surface area contributed by atoms with E-state index >= 15 is 0 Å². The predicted molar refractivity (Wildman–Crippen MR) is 45.7 cm³/mol. The van der Waals surface area contributed by atoms with Gasteiger partial charge in [-0.3, -0.25) is 0 Å². The van der Waals surface area contributed by atoms with E-state index in [-0.39, 0.29) is 0 Å².